The van der Waals surface area contributed by atoms with Gasteiger partial charge in [-0.1, -0.05) is 70.0 Å². The zero-order valence-corrected chi connectivity index (χ0v) is 15.1. The van der Waals surface area contributed by atoms with E-state index >= 15 is 0 Å². The van der Waals surface area contributed by atoms with Crippen LogP contribution in [-0.4, -0.2) is 6.04 Å². The molecule has 0 aliphatic rings. The van der Waals surface area contributed by atoms with E-state index in [0.29, 0.717) is 6.04 Å². The molecule has 1 N–H and O–H groups in total. The lowest BCUT2D eigenvalue weighted by Crippen LogP contribution is -2.19. The van der Waals surface area contributed by atoms with Crippen LogP contribution in [-0.2, 0) is 0 Å². The Labute approximate surface area is 137 Å². The molecule has 1 rings (SSSR count). The van der Waals surface area contributed by atoms with Crippen molar-refractivity contribution in [3.05, 3.63) is 27.7 Å². The highest BCUT2D eigenvalue weighted by molar-refractivity contribution is 9.10. The van der Waals surface area contributed by atoms with Crippen LogP contribution in [0.5, 0.6) is 0 Å². The molecule has 0 amide bonds. The van der Waals surface area contributed by atoms with Crippen LogP contribution >= 0.6 is 27.5 Å². The van der Waals surface area contributed by atoms with E-state index in [4.69, 9.17) is 11.6 Å². The average molecular weight is 361 g/mol. The lowest BCUT2D eigenvalue weighted by molar-refractivity contribution is 0.526. The first-order chi connectivity index (χ1) is 9.69. The molecule has 0 saturated carbocycles. The molecule has 0 unspecified atom stereocenters. The third-order valence-corrected chi connectivity index (χ3v) is 5.02. The fraction of sp³-hybridized carbons (Fsp3) is 0.647. The van der Waals surface area contributed by atoms with Crippen molar-refractivity contribution in [3.8, 4) is 0 Å². The van der Waals surface area contributed by atoms with Gasteiger partial charge in [0.05, 0.1) is 15.2 Å². The van der Waals surface area contributed by atoms with Crippen LogP contribution in [0, 0.1) is 0 Å². The smallest absolute Gasteiger partial charge is 0.0593 e. The lowest BCUT2D eigenvalue weighted by Gasteiger charge is -2.21. The molecule has 0 aliphatic heterocycles. The van der Waals surface area contributed by atoms with Crippen LogP contribution in [0.1, 0.15) is 65.2 Å². The summed E-state index contributed by atoms with van der Waals surface area (Å²) < 4.78 is 0.984. The molecule has 0 fully saturated rings. The maximum absolute atomic E-state index is 6.16. The summed E-state index contributed by atoms with van der Waals surface area (Å²) in [4.78, 5) is 0. The second-order valence-corrected chi connectivity index (χ2v) is 6.63. The molecule has 1 nitrogen and oxygen atoms in total. The van der Waals surface area contributed by atoms with Gasteiger partial charge in [0.25, 0.3) is 0 Å². The van der Waals surface area contributed by atoms with Crippen molar-refractivity contribution < 1.29 is 0 Å². The van der Waals surface area contributed by atoms with E-state index in [2.05, 4.69) is 41.2 Å². The Hall–Kier alpha value is -0.210. The van der Waals surface area contributed by atoms with Crippen molar-refractivity contribution in [2.75, 3.05) is 5.32 Å². The maximum atomic E-state index is 6.16. The summed E-state index contributed by atoms with van der Waals surface area (Å²) in [6.07, 6.45) is 10.3. The van der Waals surface area contributed by atoms with Gasteiger partial charge in [-0.05, 0) is 40.9 Å². The highest BCUT2D eigenvalue weighted by Crippen LogP contribution is 2.31. The van der Waals surface area contributed by atoms with Crippen LogP contribution < -0.4 is 5.32 Å². The summed E-state index contributed by atoms with van der Waals surface area (Å²) in [5, 5.41) is 4.45. The minimum absolute atomic E-state index is 0.558. The van der Waals surface area contributed by atoms with E-state index < -0.39 is 0 Å². The molecule has 0 atom stereocenters. The Morgan fingerprint density at radius 3 is 2.20 bits per heavy atom. The summed E-state index contributed by atoms with van der Waals surface area (Å²) in [6, 6.07) is 6.58. The zero-order chi connectivity index (χ0) is 14.8. The van der Waals surface area contributed by atoms with Gasteiger partial charge in [-0.15, -0.1) is 0 Å². The Bertz CT molecular complexity index is 371. The predicted molar refractivity (Wildman–Crippen MR) is 94.8 cm³/mol. The summed E-state index contributed by atoms with van der Waals surface area (Å²) in [5.74, 6) is 0. The molecular weight excluding hydrogens is 334 g/mol. The Kier molecular flexibility index (Phi) is 9.37. The average Bonchev–Trinajstić information content (AvgIpc) is 2.44. The van der Waals surface area contributed by atoms with E-state index in [1.807, 2.05) is 12.1 Å². The lowest BCUT2D eigenvalue weighted by atomic mass is 10.0. The van der Waals surface area contributed by atoms with Gasteiger partial charge in [-0.3, -0.25) is 0 Å². The summed E-state index contributed by atoms with van der Waals surface area (Å²) in [6.45, 7) is 4.51. The van der Waals surface area contributed by atoms with Crippen molar-refractivity contribution in [2.45, 2.75) is 71.3 Å². The zero-order valence-electron chi connectivity index (χ0n) is 12.7. The number of halogens is 2. The Morgan fingerprint density at radius 2 is 1.65 bits per heavy atom. The number of unbranched alkanes of at least 4 members (excludes halogenated alkanes) is 4. The molecule has 0 saturated heterocycles. The largest absolute Gasteiger partial charge is 0.381 e. The number of benzene rings is 1. The van der Waals surface area contributed by atoms with Crippen molar-refractivity contribution in [1.29, 1.82) is 0 Å². The van der Waals surface area contributed by atoms with E-state index in [9.17, 15) is 0 Å². The Balaban J connectivity index is 2.59. The fourth-order valence-electron chi connectivity index (χ4n) is 2.41. The normalized spacial score (nSPS) is 11.1. The van der Waals surface area contributed by atoms with Crippen molar-refractivity contribution in [1.82, 2.24) is 0 Å². The molecule has 0 spiro atoms. The maximum Gasteiger partial charge on any atom is 0.0593 e. The van der Waals surface area contributed by atoms with E-state index in [1.54, 1.807) is 0 Å². The molecule has 0 radical (unpaired) electrons. The van der Waals surface area contributed by atoms with Gasteiger partial charge in [0, 0.05) is 6.04 Å². The summed E-state index contributed by atoms with van der Waals surface area (Å²) in [7, 11) is 0. The third-order valence-electron chi connectivity index (χ3n) is 3.62. The minimum Gasteiger partial charge on any atom is -0.381 e. The van der Waals surface area contributed by atoms with E-state index in [-0.39, 0.29) is 0 Å². The first-order valence-electron chi connectivity index (χ1n) is 7.89. The number of hydrogen-bond donors (Lipinski definition) is 1. The topological polar surface area (TPSA) is 12.0 Å². The molecule has 0 aromatic heterocycles. The molecule has 114 valence electrons. The van der Waals surface area contributed by atoms with Crippen LogP contribution in [0.3, 0.4) is 0 Å². The van der Waals surface area contributed by atoms with E-state index in [1.165, 1.54) is 51.4 Å². The van der Waals surface area contributed by atoms with Gasteiger partial charge in [0.15, 0.2) is 0 Å². The SMILES string of the molecule is CCCCCC(CCCCC)Nc1cccc(Cl)c1Br. The Morgan fingerprint density at radius 1 is 1.05 bits per heavy atom. The minimum atomic E-state index is 0.558. The molecule has 20 heavy (non-hydrogen) atoms. The number of anilines is 1. The van der Waals surface area contributed by atoms with Crippen LogP contribution in [0.4, 0.5) is 5.69 Å². The van der Waals surface area contributed by atoms with Crippen molar-refractivity contribution in [2.24, 2.45) is 0 Å². The highest BCUT2D eigenvalue weighted by Gasteiger charge is 2.11. The standard InChI is InChI=1S/C17H27BrClN/c1-3-5-7-10-14(11-8-6-4-2)20-16-13-9-12-15(19)17(16)18/h9,12-14,20H,3-8,10-11H2,1-2H3. The molecule has 1 aromatic rings. The number of hydrogen-bond acceptors (Lipinski definition) is 1. The third kappa shape index (κ3) is 6.49. The van der Waals surface area contributed by atoms with Crippen molar-refractivity contribution in [3.63, 3.8) is 0 Å². The van der Waals surface area contributed by atoms with Gasteiger partial charge >= 0.3 is 0 Å². The second-order valence-electron chi connectivity index (χ2n) is 5.43. The molecule has 0 bridgehead atoms. The molecule has 3 heteroatoms. The predicted octanol–water partition coefficient (Wildman–Crippen LogP) is 7.04. The van der Waals surface area contributed by atoms with Gasteiger partial charge in [0.1, 0.15) is 0 Å². The second kappa shape index (κ2) is 10.5. The first-order valence-corrected chi connectivity index (χ1v) is 9.06. The quantitative estimate of drug-likeness (QED) is 0.441. The fourth-order valence-corrected chi connectivity index (χ4v) is 2.96. The number of nitrogens with one attached hydrogen (secondary N) is 1. The van der Waals surface area contributed by atoms with Crippen LogP contribution in [0.15, 0.2) is 22.7 Å². The van der Waals surface area contributed by atoms with Gasteiger partial charge in [0.2, 0.25) is 0 Å². The van der Waals surface area contributed by atoms with Crippen LogP contribution in [0.25, 0.3) is 0 Å². The van der Waals surface area contributed by atoms with Gasteiger partial charge < -0.3 is 5.32 Å². The van der Waals surface area contributed by atoms with Gasteiger partial charge in [-0.2, -0.15) is 0 Å². The summed E-state index contributed by atoms with van der Waals surface area (Å²) >= 11 is 9.74. The van der Waals surface area contributed by atoms with E-state index in [0.717, 1.165) is 15.2 Å². The molecular formula is C17H27BrClN. The number of rotatable bonds is 10. The van der Waals surface area contributed by atoms with Gasteiger partial charge in [-0.25, -0.2) is 0 Å². The summed E-state index contributed by atoms with van der Waals surface area (Å²) in [5.41, 5.74) is 1.12. The monoisotopic (exact) mass is 359 g/mol. The molecule has 0 heterocycles. The van der Waals surface area contributed by atoms with Crippen LogP contribution in [0.2, 0.25) is 5.02 Å². The van der Waals surface area contributed by atoms with Crippen molar-refractivity contribution >= 4 is 33.2 Å². The molecule has 1 aromatic carbocycles. The molecule has 0 aliphatic carbocycles. The highest BCUT2D eigenvalue weighted by atomic mass is 79.9. The first kappa shape index (κ1) is 17.8.